The molecule has 0 aliphatic carbocycles. The van der Waals surface area contributed by atoms with Gasteiger partial charge in [0.15, 0.2) is 0 Å². The SMILES string of the molecule is ClCCN1CCC=C(Br)C1. The summed E-state index contributed by atoms with van der Waals surface area (Å²) in [5, 5.41) is 0. The van der Waals surface area contributed by atoms with E-state index >= 15 is 0 Å². The Morgan fingerprint density at radius 3 is 3.10 bits per heavy atom. The molecule has 0 aromatic heterocycles. The molecule has 0 atom stereocenters. The molecule has 0 saturated heterocycles. The fraction of sp³-hybridized carbons (Fsp3) is 0.714. The zero-order valence-corrected chi connectivity index (χ0v) is 8.16. The van der Waals surface area contributed by atoms with E-state index in [1.165, 1.54) is 4.48 Å². The third-order valence-electron chi connectivity index (χ3n) is 1.59. The van der Waals surface area contributed by atoms with Gasteiger partial charge in [-0.25, -0.2) is 0 Å². The van der Waals surface area contributed by atoms with Crippen LogP contribution < -0.4 is 0 Å². The number of hydrogen-bond acceptors (Lipinski definition) is 1. The standard InChI is InChI=1S/C7H11BrClN/c8-7-2-1-4-10(6-7)5-3-9/h2H,1,3-6H2. The summed E-state index contributed by atoms with van der Waals surface area (Å²) in [6, 6.07) is 0. The van der Waals surface area contributed by atoms with E-state index in [2.05, 4.69) is 26.9 Å². The van der Waals surface area contributed by atoms with Gasteiger partial charge in [0.1, 0.15) is 0 Å². The highest BCUT2D eigenvalue weighted by Gasteiger charge is 2.08. The van der Waals surface area contributed by atoms with E-state index < -0.39 is 0 Å². The lowest BCUT2D eigenvalue weighted by Crippen LogP contribution is -2.30. The molecule has 0 aromatic rings. The van der Waals surface area contributed by atoms with Gasteiger partial charge < -0.3 is 0 Å². The Hall–Kier alpha value is 0.470. The van der Waals surface area contributed by atoms with E-state index in [4.69, 9.17) is 11.6 Å². The van der Waals surface area contributed by atoms with Crippen molar-refractivity contribution in [3.05, 3.63) is 10.6 Å². The Balaban J connectivity index is 2.30. The predicted molar refractivity (Wildman–Crippen MR) is 48.8 cm³/mol. The van der Waals surface area contributed by atoms with E-state index in [0.29, 0.717) is 0 Å². The highest BCUT2D eigenvalue weighted by Crippen LogP contribution is 2.14. The molecule has 1 aliphatic heterocycles. The van der Waals surface area contributed by atoms with Crippen molar-refractivity contribution in [1.82, 2.24) is 4.90 Å². The van der Waals surface area contributed by atoms with Gasteiger partial charge in [-0.15, -0.1) is 11.6 Å². The molecule has 0 spiro atoms. The lowest BCUT2D eigenvalue weighted by Gasteiger charge is -2.23. The van der Waals surface area contributed by atoms with Gasteiger partial charge in [0.2, 0.25) is 0 Å². The molecule has 0 N–H and O–H groups in total. The van der Waals surface area contributed by atoms with Crippen LogP contribution in [-0.4, -0.2) is 30.4 Å². The number of rotatable bonds is 2. The van der Waals surface area contributed by atoms with Crippen molar-refractivity contribution >= 4 is 27.5 Å². The molecular formula is C7H11BrClN. The fourth-order valence-corrected chi connectivity index (χ4v) is 1.89. The van der Waals surface area contributed by atoms with Gasteiger partial charge in [0.05, 0.1) is 0 Å². The highest BCUT2D eigenvalue weighted by atomic mass is 79.9. The number of hydrogen-bond donors (Lipinski definition) is 0. The van der Waals surface area contributed by atoms with Crippen LogP contribution in [0.4, 0.5) is 0 Å². The topological polar surface area (TPSA) is 3.24 Å². The minimum Gasteiger partial charge on any atom is -0.297 e. The molecule has 58 valence electrons. The first kappa shape index (κ1) is 8.57. The van der Waals surface area contributed by atoms with Gasteiger partial charge in [0, 0.05) is 30.0 Å². The van der Waals surface area contributed by atoms with Crippen molar-refractivity contribution in [1.29, 1.82) is 0 Å². The lowest BCUT2D eigenvalue weighted by molar-refractivity contribution is 0.315. The van der Waals surface area contributed by atoms with E-state index in [1.54, 1.807) is 0 Å². The molecule has 1 heterocycles. The lowest BCUT2D eigenvalue weighted by atomic mass is 10.2. The van der Waals surface area contributed by atoms with Crippen molar-refractivity contribution < 1.29 is 0 Å². The molecule has 0 saturated carbocycles. The zero-order valence-electron chi connectivity index (χ0n) is 5.82. The molecule has 0 amide bonds. The maximum Gasteiger partial charge on any atom is 0.0351 e. The maximum absolute atomic E-state index is 5.61. The Morgan fingerprint density at radius 2 is 2.50 bits per heavy atom. The minimum absolute atomic E-state index is 0.736. The Labute approximate surface area is 75.2 Å². The third-order valence-corrected chi connectivity index (χ3v) is 2.33. The number of nitrogens with zero attached hydrogens (tertiary/aromatic N) is 1. The second-order valence-corrected chi connectivity index (χ2v) is 3.80. The van der Waals surface area contributed by atoms with E-state index in [-0.39, 0.29) is 0 Å². The van der Waals surface area contributed by atoms with Crippen molar-refractivity contribution in [2.75, 3.05) is 25.5 Å². The molecule has 0 bridgehead atoms. The summed E-state index contributed by atoms with van der Waals surface area (Å²) in [6.07, 6.45) is 3.38. The van der Waals surface area contributed by atoms with Gasteiger partial charge in [-0.05, 0) is 6.42 Å². The molecule has 1 aliphatic rings. The molecule has 0 radical (unpaired) electrons. The summed E-state index contributed by atoms with van der Waals surface area (Å²) in [4.78, 5) is 2.34. The van der Waals surface area contributed by atoms with Crippen LogP contribution in [0.25, 0.3) is 0 Å². The van der Waals surface area contributed by atoms with Crippen LogP contribution in [0.2, 0.25) is 0 Å². The highest BCUT2D eigenvalue weighted by molar-refractivity contribution is 9.11. The second-order valence-electron chi connectivity index (χ2n) is 2.40. The molecule has 0 aromatic carbocycles. The first-order chi connectivity index (χ1) is 4.83. The minimum atomic E-state index is 0.736. The fourth-order valence-electron chi connectivity index (χ4n) is 1.07. The van der Waals surface area contributed by atoms with Crippen LogP contribution in [0.1, 0.15) is 6.42 Å². The summed E-state index contributed by atoms with van der Waals surface area (Å²) in [6.45, 7) is 3.19. The molecular weight excluding hydrogens is 213 g/mol. The molecule has 1 rings (SSSR count). The van der Waals surface area contributed by atoms with E-state index in [9.17, 15) is 0 Å². The van der Waals surface area contributed by atoms with E-state index in [0.717, 1.165) is 31.9 Å². The van der Waals surface area contributed by atoms with Gasteiger partial charge in [0.25, 0.3) is 0 Å². The summed E-state index contributed by atoms with van der Waals surface area (Å²) < 4.78 is 1.30. The Morgan fingerprint density at radius 1 is 1.70 bits per heavy atom. The summed E-state index contributed by atoms with van der Waals surface area (Å²) in [7, 11) is 0. The molecule has 0 unspecified atom stereocenters. The maximum atomic E-state index is 5.61. The Bertz CT molecular complexity index is 136. The second kappa shape index (κ2) is 4.37. The molecule has 0 fully saturated rings. The Kier molecular flexibility index (Phi) is 3.74. The van der Waals surface area contributed by atoms with Crippen molar-refractivity contribution in [2.45, 2.75) is 6.42 Å². The molecule has 3 heteroatoms. The molecule has 1 nitrogen and oxygen atoms in total. The molecule has 10 heavy (non-hydrogen) atoms. The van der Waals surface area contributed by atoms with Crippen LogP contribution in [0.3, 0.4) is 0 Å². The van der Waals surface area contributed by atoms with Gasteiger partial charge in [-0.1, -0.05) is 22.0 Å². The largest absolute Gasteiger partial charge is 0.297 e. The van der Waals surface area contributed by atoms with Crippen LogP contribution >= 0.6 is 27.5 Å². The van der Waals surface area contributed by atoms with Crippen molar-refractivity contribution in [3.63, 3.8) is 0 Å². The van der Waals surface area contributed by atoms with Crippen LogP contribution in [-0.2, 0) is 0 Å². The van der Waals surface area contributed by atoms with Crippen LogP contribution in [0.5, 0.6) is 0 Å². The number of halogens is 2. The smallest absolute Gasteiger partial charge is 0.0351 e. The van der Waals surface area contributed by atoms with Crippen LogP contribution in [0, 0.1) is 0 Å². The average Bonchev–Trinajstić information content (AvgIpc) is 1.88. The van der Waals surface area contributed by atoms with Gasteiger partial charge >= 0.3 is 0 Å². The van der Waals surface area contributed by atoms with Crippen molar-refractivity contribution in [2.24, 2.45) is 0 Å². The van der Waals surface area contributed by atoms with Gasteiger partial charge in [-0.2, -0.15) is 0 Å². The van der Waals surface area contributed by atoms with Gasteiger partial charge in [-0.3, -0.25) is 4.90 Å². The third kappa shape index (κ3) is 2.60. The first-order valence-electron chi connectivity index (χ1n) is 3.46. The van der Waals surface area contributed by atoms with Crippen LogP contribution in [0.15, 0.2) is 10.6 Å². The average molecular weight is 225 g/mol. The van der Waals surface area contributed by atoms with E-state index in [1.807, 2.05) is 0 Å². The summed E-state index contributed by atoms with van der Waals surface area (Å²) >= 11 is 9.08. The predicted octanol–water partition coefficient (Wildman–Crippen LogP) is 2.21. The number of alkyl halides is 1. The van der Waals surface area contributed by atoms with Crippen molar-refractivity contribution in [3.8, 4) is 0 Å². The normalized spacial score (nSPS) is 20.8. The summed E-state index contributed by atoms with van der Waals surface area (Å²) in [5.74, 6) is 0.736. The summed E-state index contributed by atoms with van der Waals surface area (Å²) in [5.41, 5.74) is 0. The first-order valence-corrected chi connectivity index (χ1v) is 4.78. The zero-order chi connectivity index (χ0) is 7.40. The quantitative estimate of drug-likeness (QED) is 0.650. The monoisotopic (exact) mass is 223 g/mol.